The Labute approximate surface area is 238 Å². The number of amides is 3. The van der Waals surface area contributed by atoms with Gasteiger partial charge in [0.25, 0.3) is 11.1 Å². The average molecular weight is 573 g/mol. The van der Waals surface area contributed by atoms with Crippen molar-refractivity contribution >= 4 is 63.0 Å². The molecule has 10 heteroatoms. The fraction of sp³-hybridized carbons (Fsp3) is 0.100. The Morgan fingerprint density at radius 2 is 1.80 bits per heavy atom. The molecule has 0 aliphatic carbocycles. The smallest absolute Gasteiger partial charge is 0.294 e. The van der Waals surface area contributed by atoms with Crippen molar-refractivity contribution in [1.82, 2.24) is 4.90 Å². The van der Waals surface area contributed by atoms with Gasteiger partial charge in [-0.15, -0.1) is 0 Å². The number of ether oxygens (including phenoxy) is 3. The Hall–Kier alpha value is -4.47. The summed E-state index contributed by atoms with van der Waals surface area (Å²) >= 11 is 6.78. The molecule has 2 heterocycles. The number of hydrogen-bond acceptors (Lipinski definition) is 7. The number of imide groups is 1. The van der Waals surface area contributed by atoms with Crippen LogP contribution in [0.2, 0.25) is 5.02 Å². The first-order chi connectivity index (χ1) is 19.4. The van der Waals surface area contributed by atoms with E-state index in [2.05, 4.69) is 5.32 Å². The maximum Gasteiger partial charge on any atom is 0.294 e. The van der Waals surface area contributed by atoms with Gasteiger partial charge >= 0.3 is 0 Å². The number of rotatable bonds is 7. The van der Waals surface area contributed by atoms with Crippen molar-refractivity contribution < 1.29 is 28.6 Å². The van der Waals surface area contributed by atoms with Gasteiger partial charge in [0.15, 0.2) is 11.5 Å². The summed E-state index contributed by atoms with van der Waals surface area (Å²) in [5.41, 5.74) is 2.06. The minimum Gasteiger partial charge on any atom is -0.488 e. The summed E-state index contributed by atoms with van der Waals surface area (Å²) < 4.78 is 16.7. The SMILES string of the molecule is O=C(CN1C(=O)S/C(=C/c2c(OCc3ccc(Cl)cc3)ccc3ccccc23)C1=O)Nc1ccc2c(c1)OCO2. The summed E-state index contributed by atoms with van der Waals surface area (Å²) in [6.45, 7) is -0.0236. The van der Waals surface area contributed by atoms with Crippen molar-refractivity contribution in [3.63, 3.8) is 0 Å². The quantitative estimate of drug-likeness (QED) is 0.253. The maximum atomic E-state index is 13.3. The van der Waals surface area contributed by atoms with Gasteiger partial charge in [0, 0.05) is 22.3 Å². The third-order valence-electron chi connectivity index (χ3n) is 6.35. The van der Waals surface area contributed by atoms with Gasteiger partial charge in [0.2, 0.25) is 12.7 Å². The lowest BCUT2D eigenvalue weighted by Gasteiger charge is -2.14. The summed E-state index contributed by atoms with van der Waals surface area (Å²) in [5, 5.41) is 4.62. The molecule has 40 heavy (non-hydrogen) atoms. The van der Waals surface area contributed by atoms with Crippen LogP contribution in [0.1, 0.15) is 11.1 Å². The van der Waals surface area contributed by atoms with Crippen LogP contribution in [0.3, 0.4) is 0 Å². The van der Waals surface area contributed by atoms with E-state index in [0.29, 0.717) is 33.5 Å². The van der Waals surface area contributed by atoms with Crippen LogP contribution >= 0.6 is 23.4 Å². The predicted molar refractivity (Wildman–Crippen MR) is 154 cm³/mol. The lowest BCUT2D eigenvalue weighted by atomic mass is 10.0. The highest BCUT2D eigenvalue weighted by Gasteiger charge is 2.36. The number of thioether (sulfide) groups is 1. The minimum atomic E-state index is -0.549. The number of hydrogen-bond donors (Lipinski definition) is 1. The zero-order valence-electron chi connectivity index (χ0n) is 20.9. The van der Waals surface area contributed by atoms with Crippen molar-refractivity contribution in [2.24, 2.45) is 0 Å². The molecule has 4 aromatic carbocycles. The first-order valence-electron chi connectivity index (χ1n) is 12.3. The molecule has 200 valence electrons. The van der Waals surface area contributed by atoms with Gasteiger partial charge in [-0.3, -0.25) is 19.3 Å². The zero-order valence-corrected chi connectivity index (χ0v) is 22.5. The van der Waals surface area contributed by atoms with E-state index in [9.17, 15) is 14.4 Å². The summed E-state index contributed by atoms with van der Waals surface area (Å²) in [7, 11) is 0. The van der Waals surface area contributed by atoms with Crippen LogP contribution in [0.5, 0.6) is 17.2 Å². The van der Waals surface area contributed by atoms with E-state index in [0.717, 1.165) is 33.0 Å². The van der Waals surface area contributed by atoms with Gasteiger partial charge in [-0.1, -0.05) is 54.1 Å². The Balaban J connectivity index is 1.22. The Morgan fingerprint density at radius 3 is 2.65 bits per heavy atom. The Bertz CT molecular complexity index is 1690. The topological polar surface area (TPSA) is 94.2 Å². The van der Waals surface area contributed by atoms with Gasteiger partial charge in [-0.05, 0) is 64.5 Å². The van der Waals surface area contributed by atoms with Crippen molar-refractivity contribution in [1.29, 1.82) is 0 Å². The molecule has 4 aromatic rings. The average Bonchev–Trinajstić information content (AvgIpc) is 3.53. The van der Waals surface area contributed by atoms with E-state index in [1.807, 2.05) is 48.5 Å². The van der Waals surface area contributed by atoms with Crippen LogP contribution in [0.25, 0.3) is 16.8 Å². The number of fused-ring (bicyclic) bond motifs is 2. The standard InChI is InChI=1S/C30H21ClN2O6S/c31-20-8-5-18(6-9-20)16-37-24-11-7-19-3-1-2-4-22(19)23(24)14-27-29(35)33(30(36)40-27)15-28(34)32-21-10-12-25-26(13-21)39-17-38-25/h1-14H,15-17H2,(H,32,34)/b27-14+. The molecule has 0 radical (unpaired) electrons. The van der Waals surface area contributed by atoms with E-state index in [1.165, 1.54) is 0 Å². The molecule has 2 aliphatic heterocycles. The second-order valence-electron chi connectivity index (χ2n) is 9.00. The Morgan fingerprint density at radius 1 is 1.00 bits per heavy atom. The molecule has 1 fully saturated rings. The normalized spacial score (nSPS) is 15.2. The van der Waals surface area contributed by atoms with Crippen molar-refractivity contribution in [2.45, 2.75) is 6.61 Å². The highest BCUT2D eigenvalue weighted by molar-refractivity contribution is 8.18. The number of benzene rings is 4. The van der Waals surface area contributed by atoms with E-state index >= 15 is 0 Å². The first-order valence-corrected chi connectivity index (χ1v) is 13.5. The van der Waals surface area contributed by atoms with Crippen molar-refractivity contribution in [3.05, 3.63) is 99.9 Å². The Kier molecular flexibility index (Phi) is 7.06. The van der Waals surface area contributed by atoms with Gasteiger partial charge in [0.05, 0.1) is 4.91 Å². The van der Waals surface area contributed by atoms with Crippen LogP contribution in [-0.2, 0) is 16.2 Å². The third kappa shape index (κ3) is 5.34. The van der Waals surface area contributed by atoms with E-state index in [1.54, 1.807) is 36.4 Å². The molecule has 0 bridgehead atoms. The lowest BCUT2D eigenvalue weighted by molar-refractivity contribution is -0.127. The van der Waals surface area contributed by atoms with E-state index in [4.69, 9.17) is 25.8 Å². The number of nitrogens with zero attached hydrogens (tertiary/aromatic N) is 1. The van der Waals surface area contributed by atoms with Gasteiger partial charge in [-0.2, -0.15) is 0 Å². The highest BCUT2D eigenvalue weighted by atomic mass is 35.5. The minimum absolute atomic E-state index is 0.112. The monoisotopic (exact) mass is 572 g/mol. The van der Waals surface area contributed by atoms with Crippen LogP contribution in [0, 0.1) is 0 Å². The second-order valence-corrected chi connectivity index (χ2v) is 10.4. The van der Waals surface area contributed by atoms with Crippen LogP contribution < -0.4 is 19.5 Å². The van der Waals surface area contributed by atoms with E-state index in [-0.39, 0.29) is 18.3 Å². The van der Waals surface area contributed by atoms with Gasteiger partial charge < -0.3 is 19.5 Å². The molecule has 0 unspecified atom stereocenters. The number of halogens is 1. The first kappa shape index (κ1) is 25.8. The molecule has 8 nitrogen and oxygen atoms in total. The molecular formula is C30H21ClN2O6S. The summed E-state index contributed by atoms with van der Waals surface area (Å²) in [5.74, 6) is 0.586. The molecule has 0 atom stereocenters. The van der Waals surface area contributed by atoms with Gasteiger partial charge in [-0.25, -0.2) is 0 Å². The largest absolute Gasteiger partial charge is 0.488 e. The zero-order chi connectivity index (χ0) is 27.6. The molecule has 6 rings (SSSR count). The molecular weight excluding hydrogens is 552 g/mol. The third-order valence-corrected chi connectivity index (χ3v) is 7.50. The molecule has 0 saturated carbocycles. The van der Waals surface area contributed by atoms with E-state index < -0.39 is 23.6 Å². The lowest BCUT2D eigenvalue weighted by Crippen LogP contribution is -2.36. The molecule has 2 aliphatic rings. The summed E-state index contributed by atoms with van der Waals surface area (Å²) in [4.78, 5) is 39.9. The van der Waals surface area contributed by atoms with Crippen LogP contribution in [0.15, 0.2) is 83.8 Å². The molecule has 3 amide bonds. The second kappa shape index (κ2) is 11.0. The fourth-order valence-corrected chi connectivity index (χ4v) is 5.32. The van der Waals surface area contributed by atoms with Crippen LogP contribution in [0.4, 0.5) is 10.5 Å². The maximum absolute atomic E-state index is 13.3. The molecule has 1 saturated heterocycles. The molecule has 0 spiro atoms. The highest BCUT2D eigenvalue weighted by Crippen LogP contribution is 2.37. The van der Waals surface area contributed by atoms with Crippen molar-refractivity contribution in [3.8, 4) is 17.2 Å². The molecule has 1 N–H and O–H groups in total. The number of nitrogens with one attached hydrogen (secondary N) is 1. The molecule has 0 aromatic heterocycles. The summed E-state index contributed by atoms with van der Waals surface area (Å²) in [6, 6.07) is 23.8. The predicted octanol–water partition coefficient (Wildman–Crippen LogP) is 6.48. The fourth-order valence-electron chi connectivity index (χ4n) is 4.38. The van der Waals surface area contributed by atoms with Crippen molar-refractivity contribution in [2.75, 3.05) is 18.7 Å². The number of anilines is 1. The number of carbonyl (C=O) groups is 3. The van der Waals surface area contributed by atoms with Crippen LogP contribution in [-0.4, -0.2) is 35.3 Å². The van der Waals surface area contributed by atoms with Gasteiger partial charge in [0.1, 0.15) is 18.9 Å². The summed E-state index contributed by atoms with van der Waals surface area (Å²) in [6.07, 6.45) is 1.65. The number of carbonyl (C=O) groups excluding carboxylic acids is 3.